The molecule has 2 saturated heterocycles. The van der Waals surface area contributed by atoms with E-state index in [0.717, 1.165) is 31.1 Å². The van der Waals surface area contributed by atoms with Crippen molar-refractivity contribution in [1.29, 1.82) is 0 Å². The molecule has 0 spiro atoms. The molecule has 228 valence electrons. The number of carbonyl (C=O) groups is 2. The molecule has 12 atom stereocenters. The van der Waals surface area contributed by atoms with Gasteiger partial charge in [-0.2, -0.15) is 0 Å². The standard InChI is InChI=1S/C32H46O9/c1-18-27-24(40-28(2,3)41-27)14-26(38-18)39-20-5-10-30(17-33)22-6-9-29(4)21(19-13-25(34)37-16-19)8-12-32(29,36)23(22)7-11-31(30,35)15-20/h13,17-18,20-24,26-27,35-36H,5-12,14-16H2,1-4H3/t18-,20-,21-,22+,23-,24-,26+,27+,29-,30+,31+,32-/m1/s1. The van der Waals surface area contributed by atoms with E-state index in [1.807, 2.05) is 20.8 Å². The molecule has 0 bridgehead atoms. The fourth-order valence-electron chi connectivity index (χ4n) is 10.7. The molecule has 4 saturated carbocycles. The number of ether oxygens (including phenoxy) is 5. The van der Waals surface area contributed by atoms with Crippen molar-refractivity contribution in [2.75, 3.05) is 6.61 Å². The lowest BCUT2D eigenvalue weighted by atomic mass is 9.41. The smallest absolute Gasteiger partial charge is 0.331 e. The van der Waals surface area contributed by atoms with E-state index in [2.05, 4.69) is 6.92 Å². The quantitative estimate of drug-likeness (QED) is 0.295. The number of hydrogen-bond donors (Lipinski definition) is 2. The third-order valence-electron chi connectivity index (χ3n) is 12.7. The van der Waals surface area contributed by atoms with Crippen molar-refractivity contribution in [3.63, 3.8) is 0 Å². The fourth-order valence-corrected chi connectivity index (χ4v) is 10.7. The van der Waals surface area contributed by atoms with Gasteiger partial charge >= 0.3 is 5.97 Å². The summed E-state index contributed by atoms with van der Waals surface area (Å²) in [6, 6.07) is 0. The van der Waals surface area contributed by atoms with Crippen LogP contribution in [-0.2, 0) is 33.3 Å². The predicted molar refractivity (Wildman–Crippen MR) is 145 cm³/mol. The second-order valence-corrected chi connectivity index (χ2v) is 14.9. The molecule has 3 heterocycles. The molecule has 7 rings (SSSR count). The SMILES string of the molecule is C[C@H]1O[C@@H](O[C@@H]2CC[C@]3(C=O)[C@H]4CC[C@]5(C)[C@@H](C6=CC(=O)OC6)CC[C@@]5(O)[C@@H]4CC[C@]3(O)C2)C[C@H]2OC(C)(C)O[C@@H]12. The van der Waals surface area contributed by atoms with Gasteiger partial charge in [0.1, 0.15) is 19.0 Å². The molecule has 0 amide bonds. The van der Waals surface area contributed by atoms with E-state index in [-0.39, 0.29) is 53.6 Å². The normalized spacial score (nSPS) is 53.9. The molecule has 4 aliphatic carbocycles. The van der Waals surface area contributed by atoms with E-state index >= 15 is 0 Å². The van der Waals surface area contributed by atoms with Crippen LogP contribution in [0.4, 0.5) is 0 Å². The van der Waals surface area contributed by atoms with E-state index in [4.69, 9.17) is 23.7 Å². The number of aliphatic hydroxyl groups is 2. The van der Waals surface area contributed by atoms with Gasteiger partial charge in [-0.3, -0.25) is 0 Å². The maximum absolute atomic E-state index is 13.1. The Hall–Kier alpha value is -1.36. The molecule has 0 aromatic rings. The second-order valence-electron chi connectivity index (χ2n) is 14.9. The number of rotatable bonds is 4. The fraction of sp³-hybridized carbons (Fsp3) is 0.875. The average Bonchev–Trinajstić information content (AvgIpc) is 3.55. The van der Waals surface area contributed by atoms with Crippen molar-refractivity contribution in [2.24, 2.45) is 28.6 Å². The number of fused-ring (bicyclic) bond motifs is 6. The second kappa shape index (κ2) is 9.32. The minimum absolute atomic E-state index is 0.0739. The molecule has 9 heteroatoms. The first-order valence-electron chi connectivity index (χ1n) is 15.8. The summed E-state index contributed by atoms with van der Waals surface area (Å²) in [5.74, 6) is -1.02. The van der Waals surface area contributed by atoms with Gasteiger partial charge in [-0.1, -0.05) is 6.92 Å². The largest absolute Gasteiger partial charge is 0.458 e. The van der Waals surface area contributed by atoms with Crippen LogP contribution in [0.3, 0.4) is 0 Å². The van der Waals surface area contributed by atoms with Crippen LogP contribution in [0.1, 0.15) is 91.9 Å². The lowest BCUT2D eigenvalue weighted by molar-refractivity contribution is -0.278. The third-order valence-corrected chi connectivity index (χ3v) is 12.7. The zero-order valence-corrected chi connectivity index (χ0v) is 24.8. The van der Waals surface area contributed by atoms with Crippen molar-refractivity contribution in [3.8, 4) is 0 Å². The molecule has 0 unspecified atom stereocenters. The summed E-state index contributed by atoms with van der Waals surface area (Å²) in [6.07, 6.45) is 7.78. The van der Waals surface area contributed by atoms with Gasteiger partial charge in [0.05, 0.1) is 34.9 Å². The Labute approximate surface area is 242 Å². The Balaban J connectivity index is 1.08. The summed E-state index contributed by atoms with van der Waals surface area (Å²) in [4.78, 5) is 24.9. The van der Waals surface area contributed by atoms with E-state index in [0.29, 0.717) is 51.6 Å². The monoisotopic (exact) mass is 574 g/mol. The van der Waals surface area contributed by atoms with Gasteiger partial charge in [0.15, 0.2) is 12.1 Å². The molecule has 0 aromatic heterocycles. The first kappa shape index (κ1) is 28.4. The van der Waals surface area contributed by atoms with Crippen LogP contribution >= 0.6 is 0 Å². The van der Waals surface area contributed by atoms with Crippen LogP contribution in [0, 0.1) is 28.6 Å². The Bertz CT molecular complexity index is 1140. The molecule has 2 N–H and O–H groups in total. The lowest BCUT2D eigenvalue weighted by Crippen LogP contribution is -2.69. The number of hydrogen-bond acceptors (Lipinski definition) is 9. The van der Waals surface area contributed by atoms with E-state index in [9.17, 15) is 19.8 Å². The van der Waals surface area contributed by atoms with Crippen LogP contribution in [0.25, 0.3) is 0 Å². The molecule has 6 fully saturated rings. The molecular formula is C32H46O9. The Morgan fingerprint density at radius 2 is 1.78 bits per heavy atom. The molecule has 0 aromatic carbocycles. The predicted octanol–water partition coefficient (Wildman–Crippen LogP) is 3.58. The summed E-state index contributed by atoms with van der Waals surface area (Å²) < 4.78 is 30.0. The highest BCUT2D eigenvalue weighted by Gasteiger charge is 2.71. The first-order chi connectivity index (χ1) is 19.3. The van der Waals surface area contributed by atoms with E-state index in [1.165, 1.54) is 0 Å². The lowest BCUT2D eigenvalue weighted by Gasteiger charge is -2.65. The van der Waals surface area contributed by atoms with Crippen LogP contribution in [-0.4, -0.2) is 76.8 Å². The molecule has 7 aliphatic rings. The highest BCUT2D eigenvalue weighted by molar-refractivity contribution is 5.85. The number of carbonyl (C=O) groups excluding carboxylic acids is 2. The number of cyclic esters (lactones) is 1. The van der Waals surface area contributed by atoms with Gasteiger partial charge < -0.3 is 38.7 Å². The van der Waals surface area contributed by atoms with Crippen LogP contribution < -0.4 is 0 Å². The maximum atomic E-state index is 13.1. The Kier molecular flexibility index (Phi) is 6.46. The zero-order valence-electron chi connectivity index (χ0n) is 24.8. The van der Waals surface area contributed by atoms with Gasteiger partial charge in [0.2, 0.25) is 0 Å². The van der Waals surface area contributed by atoms with Crippen molar-refractivity contribution < 1.29 is 43.5 Å². The molecule has 9 nitrogen and oxygen atoms in total. The summed E-state index contributed by atoms with van der Waals surface area (Å²) in [5.41, 5.74) is -2.44. The highest BCUT2D eigenvalue weighted by Crippen LogP contribution is 2.70. The molecule has 0 radical (unpaired) electrons. The third kappa shape index (κ3) is 4.02. The summed E-state index contributed by atoms with van der Waals surface area (Å²) in [5, 5.41) is 24.7. The van der Waals surface area contributed by atoms with Gasteiger partial charge in [-0.05, 0) is 95.5 Å². The molecular weight excluding hydrogens is 528 g/mol. The maximum Gasteiger partial charge on any atom is 0.331 e. The van der Waals surface area contributed by atoms with Gasteiger partial charge in [0.25, 0.3) is 0 Å². The van der Waals surface area contributed by atoms with Gasteiger partial charge in [-0.25, -0.2) is 4.79 Å². The highest BCUT2D eigenvalue weighted by atomic mass is 16.8. The van der Waals surface area contributed by atoms with E-state index in [1.54, 1.807) is 6.08 Å². The minimum Gasteiger partial charge on any atom is -0.458 e. The molecule has 41 heavy (non-hydrogen) atoms. The van der Waals surface area contributed by atoms with Crippen LogP contribution in [0.2, 0.25) is 0 Å². The van der Waals surface area contributed by atoms with E-state index < -0.39 is 28.7 Å². The summed E-state index contributed by atoms with van der Waals surface area (Å²) in [7, 11) is 0. The number of aldehydes is 1. The summed E-state index contributed by atoms with van der Waals surface area (Å²) in [6.45, 7) is 8.28. The minimum atomic E-state index is -1.19. The molecule has 3 aliphatic heterocycles. The Morgan fingerprint density at radius 3 is 2.51 bits per heavy atom. The topological polar surface area (TPSA) is 121 Å². The summed E-state index contributed by atoms with van der Waals surface area (Å²) >= 11 is 0. The van der Waals surface area contributed by atoms with Crippen molar-refractivity contribution >= 4 is 12.3 Å². The van der Waals surface area contributed by atoms with Crippen molar-refractivity contribution in [1.82, 2.24) is 0 Å². The van der Waals surface area contributed by atoms with Gasteiger partial charge in [-0.15, -0.1) is 0 Å². The van der Waals surface area contributed by atoms with Crippen LogP contribution in [0.15, 0.2) is 11.6 Å². The van der Waals surface area contributed by atoms with Crippen molar-refractivity contribution in [3.05, 3.63) is 11.6 Å². The number of esters is 1. The van der Waals surface area contributed by atoms with Crippen molar-refractivity contribution in [2.45, 2.75) is 140 Å². The first-order valence-corrected chi connectivity index (χ1v) is 15.8. The average molecular weight is 575 g/mol. The Morgan fingerprint density at radius 1 is 1.00 bits per heavy atom. The zero-order chi connectivity index (χ0) is 29.0. The van der Waals surface area contributed by atoms with Gasteiger partial charge in [0, 0.05) is 24.3 Å². The van der Waals surface area contributed by atoms with Crippen LogP contribution in [0.5, 0.6) is 0 Å².